The largest absolute Gasteiger partial charge is 0.493 e. The van der Waals surface area contributed by atoms with Crippen LogP contribution >= 0.6 is 0 Å². The van der Waals surface area contributed by atoms with Crippen molar-refractivity contribution in [1.82, 2.24) is 5.32 Å². The van der Waals surface area contributed by atoms with Gasteiger partial charge in [0.2, 0.25) is 0 Å². The molecular weight excluding hydrogens is 202 g/mol. The van der Waals surface area contributed by atoms with E-state index in [0.717, 1.165) is 11.5 Å². The van der Waals surface area contributed by atoms with E-state index >= 15 is 0 Å². The highest BCUT2D eigenvalue weighted by Crippen LogP contribution is 2.41. The smallest absolute Gasteiger partial charge is 0.166 e. The normalized spacial score (nSPS) is 18.4. The molecule has 0 fully saturated rings. The van der Waals surface area contributed by atoms with Crippen LogP contribution in [-0.4, -0.2) is 19.8 Å². The zero-order chi connectivity index (χ0) is 11.7. The van der Waals surface area contributed by atoms with Gasteiger partial charge in [0, 0.05) is 11.6 Å². The predicted molar refractivity (Wildman–Crippen MR) is 64.2 cm³/mol. The lowest BCUT2D eigenvalue weighted by molar-refractivity contribution is 0.289. The fourth-order valence-electron chi connectivity index (χ4n) is 2.13. The lowest BCUT2D eigenvalue weighted by Crippen LogP contribution is -2.28. The molecule has 3 nitrogen and oxygen atoms in total. The molecule has 0 amide bonds. The fourth-order valence-corrected chi connectivity index (χ4v) is 2.13. The Morgan fingerprint density at radius 3 is 2.81 bits per heavy atom. The second kappa shape index (κ2) is 4.34. The van der Waals surface area contributed by atoms with E-state index in [9.17, 15) is 0 Å². The van der Waals surface area contributed by atoms with E-state index in [4.69, 9.17) is 9.47 Å². The van der Waals surface area contributed by atoms with Gasteiger partial charge in [0.15, 0.2) is 11.5 Å². The highest BCUT2D eigenvalue weighted by Gasteiger charge is 2.27. The van der Waals surface area contributed by atoms with E-state index in [2.05, 4.69) is 32.2 Å². The van der Waals surface area contributed by atoms with Crippen molar-refractivity contribution in [3.8, 4) is 11.5 Å². The zero-order valence-electron chi connectivity index (χ0n) is 10.3. The molecule has 0 spiro atoms. The first kappa shape index (κ1) is 11.3. The van der Waals surface area contributed by atoms with E-state index < -0.39 is 0 Å². The maximum absolute atomic E-state index is 5.70. The molecule has 1 aliphatic rings. The topological polar surface area (TPSA) is 30.5 Å². The van der Waals surface area contributed by atoms with Crippen molar-refractivity contribution in [2.24, 2.45) is 0 Å². The third kappa shape index (κ3) is 2.00. The number of hydrogen-bond acceptors (Lipinski definition) is 3. The average Bonchev–Trinajstić information content (AvgIpc) is 2.59. The summed E-state index contributed by atoms with van der Waals surface area (Å²) in [6.45, 7) is 7.05. The van der Waals surface area contributed by atoms with Crippen molar-refractivity contribution in [3.63, 3.8) is 0 Å². The molecule has 0 bridgehead atoms. The Labute approximate surface area is 96.8 Å². The van der Waals surface area contributed by atoms with Crippen molar-refractivity contribution < 1.29 is 9.47 Å². The van der Waals surface area contributed by atoms with E-state index in [0.29, 0.717) is 12.6 Å². The number of rotatable bonds is 3. The van der Waals surface area contributed by atoms with Crippen LogP contribution in [0.4, 0.5) is 0 Å². The molecule has 16 heavy (non-hydrogen) atoms. The summed E-state index contributed by atoms with van der Waals surface area (Å²) >= 11 is 0. The summed E-state index contributed by atoms with van der Waals surface area (Å²) in [5.74, 6) is 1.73. The first-order valence-corrected chi connectivity index (χ1v) is 5.69. The minimum absolute atomic E-state index is 0.281. The Bertz CT molecular complexity index is 388. The van der Waals surface area contributed by atoms with Crippen molar-refractivity contribution >= 4 is 0 Å². The van der Waals surface area contributed by atoms with E-state index in [1.54, 1.807) is 7.11 Å². The molecule has 0 aromatic heterocycles. The van der Waals surface area contributed by atoms with E-state index in [1.165, 1.54) is 11.1 Å². The van der Waals surface area contributed by atoms with E-state index in [-0.39, 0.29) is 6.04 Å². The minimum Gasteiger partial charge on any atom is -0.493 e. The van der Waals surface area contributed by atoms with Gasteiger partial charge in [0.25, 0.3) is 0 Å². The molecule has 1 aromatic rings. The number of benzene rings is 1. The van der Waals surface area contributed by atoms with Gasteiger partial charge in [-0.25, -0.2) is 0 Å². The number of aryl methyl sites for hydroxylation is 1. The molecule has 1 aliphatic heterocycles. The Hall–Kier alpha value is -1.22. The van der Waals surface area contributed by atoms with Gasteiger partial charge in [-0.05, 0) is 18.6 Å². The van der Waals surface area contributed by atoms with Gasteiger partial charge in [0.05, 0.1) is 13.2 Å². The lowest BCUT2D eigenvalue weighted by Gasteiger charge is -2.15. The van der Waals surface area contributed by atoms with Crippen LogP contribution in [0.25, 0.3) is 0 Å². The van der Waals surface area contributed by atoms with E-state index in [1.807, 2.05) is 6.07 Å². The molecule has 3 heteroatoms. The van der Waals surface area contributed by atoms with Crippen molar-refractivity contribution in [2.45, 2.75) is 32.9 Å². The van der Waals surface area contributed by atoms with Crippen LogP contribution in [0, 0.1) is 6.92 Å². The number of fused-ring (bicyclic) bond motifs is 1. The number of ether oxygens (including phenoxy) is 2. The lowest BCUT2D eigenvalue weighted by atomic mass is 10.0. The van der Waals surface area contributed by atoms with Gasteiger partial charge in [-0.3, -0.25) is 0 Å². The fraction of sp³-hybridized carbons (Fsp3) is 0.538. The van der Waals surface area contributed by atoms with Crippen molar-refractivity contribution in [3.05, 3.63) is 23.3 Å². The van der Waals surface area contributed by atoms with Crippen LogP contribution in [-0.2, 0) is 0 Å². The molecule has 88 valence electrons. The third-order valence-electron chi connectivity index (χ3n) is 2.75. The highest BCUT2D eigenvalue weighted by atomic mass is 16.5. The molecular formula is C13H19NO2. The monoisotopic (exact) mass is 221 g/mol. The van der Waals surface area contributed by atoms with Crippen LogP contribution in [0.3, 0.4) is 0 Å². The van der Waals surface area contributed by atoms with Crippen LogP contribution in [0.5, 0.6) is 11.5 Å². The van der Waals surface area contributed by atoms with Gasteiger partial charge in [0.1, 0.15) is 6.61 Å². The first-order valence-electron chi connectivity index (χ1n) is 5.69. The van der Waals surface area contributed by atoms with Gasteiger partial charge in [-0.15, -0.1) is 0 Å². The molecule has 1 N–H and O–H groups in total. The first-order chi connectivity index (χ1) is 7.61. The molecule has 2 rings (SSSR count). The number of methoxy groups -OCH3 is 1. The van der Waals surface area contributed by atoms with Gasteiger partial charge in [-0.1, -0.05) is 19.9 Å². The van der Waals surface area contributed by atoms with Gasteiger partial charge >= 0.3 is 0 Å². The molecule has 1 heterocycles. The SMILES string of the molecule is COc1cc(C)cc2c1OCC2NC(C)C. The number of nitrogens with one attached hydrogen (secondary N) is 1. The molecule has 0 aliphatic carbocycles. The molecule has 0 radical (unpaired) electrons. The van der Waals surface area contributed by atoms with Gasteiger partial charge in [-0.2, -0.15) is 0 Å². The standard InChI is InChI=1S/C13H19NO2/c1-8(2)14-11-7-16-13-10(11)5-9(3)6-12(13)15-4/h5-6,8,11,14H,7H2,1-4H3. The zero-order valence-corrected chi connectivity index (χ0v) is 10.3. The Morgan fingerprint density at radius 2 is 2.19 bits per heavy atom. The van der Waals surface area contributed by atoms with Crippen LogP contribution < -0.4 is 14.8 Å². The molecule has 1 atom stereocenters. The summed E-state index contributed by atoms with van der Waals surface area (Å²) < 4.78 is 11.0. The predicted octanol–water partition coefficient (Wildman–Crippen LogP) is 2.44. The van der Waals surface area contributed by atoms with Crippen LogP contribution in [0.2, 0.25) is 0 Å². The Kier molecular flexibility index (Phi) is 3.06. The number of hydrogen-bond donors (Lipinski definition) is 1. The van der Waals surface area contributed by atoms with Gasteiger partial charge < -0.3 is 14.8 Å². The molecule has 0 saturated carbocycles. The quantitative estimate of drug-likeness (QED) is 0.850. The van der Waals surface area contributed by atoms with Crippen LogP contribution in [0.15, 0.2) is 12.1 Å². The minimum atomic E-state index is 0.281. The maximum Gasteiger partial charge on any atom is 0.166 e. The second-order valence-corrected chi connectivity index (χ2v) is 4.57. The second-order valence-electron chi connectivity index (χ2n) is 4.57. The molecule has 1 unspecified atom stereocenters. The Morgan fingerprint density at radius 1 is 1.44 bits per heavy atom. The maximum atomic E-state index is 5.70. The summed E-state index contributed by atoms with van der Waals surface area (Å²) in [4.78, 5) is 0. The summed E-state index contributed by atoms with van der Waals surface area (Å²) in [7, 11) is 1.68. The van der Waals surface area contributed by atoms with Crippen molar-refractivity contribution in [2.75, 3.05) is 13.7 Å². The summed E-state index contributed by atoms with van der Waals surface area (Å²) in [6, 6.07) is 4.91. The van der Waals surface area contributed by atoms with Crippen molar-refractivity contribution in [1.29, 1.82) is 0 Å². The summed E-state index contributed by atoms with van der Waals surface area (Å²) in [6.07, 6.45) is 0. The average molecular weight is 221 g/mol. The molecule has 0 saturated heterocycles. The van der Waals surface area contributed by atoms with Crippen LogP contribution in [0.1, 0.15) is 31.0 Å². The Balaban J connectivity index is 2.35. The summed E-state index contributed by atoms with van der Waals surface area (Å²) in [5, 5.41) is 3.50. The third-order valence-corrected chi connectivity index (χ3v) is 2.75. The molecule has 1 aromatic carbocycles. The highest BCUT2D eigenvalue weighted by molar-refractivity contribution is 5.52. The summed E-state index contributed by atoms with van der Waals surface area (Å²) in [5.41, 5.74) is 2.42.